The number of rotatable bonds is 10. The van der Waals surface area contributed by atoms with Crippen LogP contribution in [0.1, 0.15) is 19.8 Å². The van der Waals surface area contributed by atoms with Crippen LogP contribution in [0.25, 0.3) is 0 Å². The minimum absolute atomic E-state index is 0.0756. The van der Waals surface area contributed by atoms with Gasteiger partial charge < -0.3 is 20.1 Å². The van der Waals surface area contributed by atoms with Crippen LogP contribution in [0.4, 0.5) is 5.69 Å². The van der Waals surface area contributed by atoms with Gasteiger partial charge in [0.1, 0.15) is 11.5 Å². The molecule has 2 N–H and O–H groups in total. The minimum Gasteiger partial charge on any atom is -0.497 e. The highest BCUT2D eigenvalue weighted by Gasteiger charge is 2.20. The zero-order chi connectivity index (χ0) is 20.4. The Morgan fingerprint density at radius 3 is 1.96 bits per heavy atom. The van der Waals surface area contributed by atoms with E-state index in [1.165, 1.54) is 0 Å². The Hall–Kier alpha value is -2.32. The van der Waals surface area contributed by atoms with Gasteiger partial charge in [0, 0.05) is 56.6 Å². The van der Waals surface area contributed by atoms with Gasteiger partial charge in [-0.15, -0.1) is 0 Å². The number of hydrogen-bond acceptors (Lipinski definition) is 6. The molecule has 0 atom stereocenters. The Bertz CT molecular complexity index is 623. The minimum atomic E-state index is -0.0823. The molecule has 28 heavy (non-hydrogen) atoms. The predicted molar refractivity (Wildman–Crippen MR) is 109 cm³/mol. The van der Waals surface area contributed by atoms with E-state index in [4.69, 9.17) is 9.47 Å². The van der Waals surface area contributed by atoms with Crippen molar-refractivity contribution in [1.82, 2.24) is 15.1 Å². The number of amides is 2. The van der Waals surface area contributed by atoms with Gasteiger partial charge in [0.15, 0.2) is 0 Å². The number of anilines is 1. The molecule has 0 radical (unpaired) electrons. The number of piperazine rings is 1. The molecule has 1 aromatic carbocycles. The molecule has 0 bridgehead atoms. The van der Waals surface area contributed by atoms with Gasteiger partial charge >= 0.3 is 0 Å². The monoisotopic (exact) mass is 392 g/mol. The van der Waals surface area contributed by atoms with E-state index in [0.29, 0.717) is 30.3 Å². The SMILES string of the molecule is CCCCNC(=O)CN1CCN(CC(=O)Nc2cc(OC)cc(OC)c2)CC1. The summed E-state index contributed by atoms with van der Waals surface area (Å²) in [7, 11) is 3.15. The molecule has 0 spiro atoms. The number of nitrogens with zero attached hydrogens (tertiary/aromatic N) is 2. The van der Waals surface area contributed by atoms with Gasteiger partial charge in [0.25, 0.3) is 0 Å². The van der Waals surface area contributed by atoms with Crippen molar-refractivity contribution in [2.24, 2.45) is 0 Å². The predicted octanol–water partition coefficient (Wildman–Crippen LogP) is 1.18. The van der Waals surface area contributed by atoms with E-state index in [1.807, 2.05) is 0 Å². The molecule has 156 valence electrons. The van der Waals surface area contributed by atoms with Gasteiger partial charge in [-0.2, -0.15) is 0 Å². The maximum atomic E-state index is 12.4. The van der Waals surface area contributed by atoms with E-state index in [1.54, 1.807) is 32.4 Å². The molecule has 1 aliphatic rings. The second-order valence-electron chi connectivity index (χ2n) is 6.91. The summed E-state index contributed by atoms with van der Waals surface area (Å²) < 4.78 is 10.4. The molecule has 1 fully saturated rings. The molecule has 0 aromatic heterocycles. The van der Waals surface area contributed by atoms with Crippen LogP contribution in [-0.4, -0.2) is 81.6 Å². The fourth-order valence-corrected chi connectivity index (χ4v) is 3.05. The lowest BCUT2D eigenvalue weighted by Crippen LogP contribution is -2.51. The standard InChI is InChI=1S/C20H32N4O4/c1-4-5-6-21-19(25)14-23-7-9-24(10-8-23)15-20(26)22-16-11-17(27-2)13-18(12-16)28-3/h11-13H,4-10,14-15H2,1-3H3,(H,21,25)(H,22,26). The Morgan fingerprint density at radius 1 is 0.929 bits per heavy atom. The highest BCUT2D eigenvalue weighted by atomic mass is 16.5. The first kappa shape index (κ1) is 22.0. The van der Waals surface area contributed by atoms with Crippen molar-refractivity contribution in [1.29, 1.82) is 0 Å². The molecule has 0 aliphatic carbocycles. The van der Waals surface area contributed by atoms with Gasteiger partial charge in [-0.1, -0.05) is 13.3 Å². The lowest BCUT2D eigenvalue weighted by atomic mass is 10.2. The first-order valence-corrected chi connectivity index (χ1v) is 9.78. The van der Waals surface area contributed by atoms with Crippen LogP contribution in [-0.2, 0) is 9.59 Å². The highest BCUT2D eigenvalue weighted by Crippen LogP contribution is 2.25. The summed E-state index contributed by atoms with van der Waals surface area (Å²) in [5.74, 6) is 1.24. The van der Waals surface area contributed by atoms with Crippen molar-refractivity contribution in [2.75, 3.05) is 65.3 Å². The number of unbranched alkanes of at least 4 members (excludes halogenated alkanes) is 1. The van der Waals surface area contributed by atoms with E-state index in [9.17, 15) is 9.59 Å². The van der Waals surface area contributed by atoms with E-state index in [0.717, 1.165) is 45.6 Å². The second kappa shape index (κ2) is 11.5. The van der Waals surface area contributed by atoms with Crippen molar-refractivity contribution >= 4 is 17.5 Å². The fourth-order valence-electron chi connectivity index (χ4n) is 3.05. The molecule has 2 rings (SSSR count). The molecule has 8 heteroatoms. The quantitative estimate of drug-likeness (QED) is 0.582. The number of carbonyl (C=O) groups is 2. The lowest BCUT2D eigenvalue weighted by Gasteiger charge is -2.33. The van der Waals surface area contributed by atoms with Crippen LogP contribution in [0.5, 0.6) is 11.5 Å². The van der Waals surface area contributed by atoms with E-state index in [-0.39, 0.29) is 11.8 Å². The smallest absolute Gasteiger partial charge is 0.238 e. The Morgan fingerprint density at radius 2 is 1.46 bits per heavy atom. The highest BCUT2D eigenvalue weighted by molar-refractivity contribution is 5.92. The van der Waals surface area contributed by atoms with Crippen molar-refractivity contribution < 1.29 is 19.1 Å². The molecule has 1 saturated heterocycles. The molecule has 2 amide bonds. The molecular weight excluding hydrogens is 360 g/mol. The summed E-state index contributed by atoms with van der Waals surface area (Å²) in [6.45, 7) is 6.66. The summed E-state index contributed by atoms with van der Waals surface area (Å²) in [6.07, 6.45) is 2.08. The van der Waals surface area contributed by atoms with Crippen molar-refractivity contribution in [3.8, 4) is 11.5 Å². The lowest BCUT2D eigenvalue weighted by molar-refractivity contribution is -0.123. The molecular formula is C20H32N4O4. The van der Waals surface area contributed by atoms with Crippen molar-refractivity contribution in [3.63, 3.8) is 0 Å². The van der Waals surface area contributed by atoms with Crippen molar-refractivity contribution in [2.45, 2.75) is 19.8 Å². The third-order valence-corrected chi connectivity index (χ3v) is 4.69. The number of hydrogen-bond donors (Lipinski definition) is 2. The average Bonchev–Trinajstić information content (AvgIpc) is 2.69. The topological polar surface area (TPSA) is 83.1 Å². The molecule has 1 aromatic rings. The first-order valence-electron chi connectivity index (χ1n) is 9.78. The summed E-state index contributed by atoms with van der Waals surface area (Å²) in [6, 6.07) is 5.28. The third kappa shape index (κ3) is 7.36. The summed E-state index contributed by atoms with van der Waals surface area (Å²) in [5.41, 5.74) is 0.642. The van der Waals surface area contributed by atoms with Crippen LogP contribution >= 0.6 is 0 Å². The maximum Gasteiger partial charge on any atom is 0.238 e. The molecule has 1 aliphatic heterocycles. The van der Waals surface area contributed by atoms with Gasteiger partial charge in [0.2, 0.25) is 11.8 Å². The van der Waals surface area contributed by atoms with Crippen LogP contribution in [0.15, 0.2) is 18.2 Å². The normalized spacial score (nSPS) is 15.1. The molecule has 1 heterocycles. The molecule has 0 saturated carbocycles. The maximum absolute atomic E-state index is 12.4. The zero-order valence-corrected chi connectivity index (χ0v) is 17.1. The zero-order valence-electron chi connectivity index (χ0n) is 17.1. The number of carbonyl (C=O) groups excluding carboxylic acids is 2. The van der Waals surface area contributed by atoms with Crippen molar-refractivity contribution in [3.05, 3.63) is 18.2 Å². The first-order chi connectivity index (χ1) is 13.5. The Balaban J connectivity index is 1.74. The summed E-state index contributed by atoms with van der Waals surface area (Å²) >= 11 is 0. The van der Waals surface area contributed by atoms with Gasteiger partial charge in [-0.25, -0.2) is 0 Å². The van der Waals surface area contributed by atoms with Crippen LogP contribution in [0, 0.1) is 0 Å². The Kier molecular flexibility index (Phi) is 9.03. The van der Waals surface area contributed by atoms with Crippen LogP contribution < -0.4 is 20.1 Å². The second-order valence-corrected chi connectivity index (χ2v) is 6.91. The summed E-state index contributed by atoms with van der Waals surface area (Å²) in [5, 5.41) is 5.83. The Labute approximate surface area is 167 Å². The van der Waals surface area contributed by atoms with Gasteiger partial charge in [-0.05, 0) is 6.42 Å². The fraction of sp³-hybridized carbons (Fsp3) is 0.600. The number of methoxy groups -OCH3 is 2. The molecule has 0 unspecified atom stereocenters. The van der Waals surface area contributed by atoms with Crippen LogP contribution in [0.2, 0.25) is 0 Å². The van der Waals surface area contributed by atoms with E-state index >= 15 is 0 Å². The number of nitrogens with one attached hydrogen (secondary N) is 2. The van der Waals surface area contributed by atoms with Crippen LogP contribution in [0.3, 0.4) is 0 Å². The van der Waals surface area contributed by atoms with Gasteiger partial charge in [0.05, 0.1) is 27.3 Å². The molecule has 8 nitrogen and oxygen atoms in total. The largest absolute Gasteiger partial charge is 0.497 e. The van der Waals surface area contributed by atoms with E-state index < -0.39 is 0 Å². The number of ether oxygens (including phenoxy) is 2. The number of benzene rings is 1. The third-order valence-electron chi connectivity index (χ3n) is 4.69. The van der Waals surface area contributed by atoms with E-state index in [2.05, 4.69) is 27.4 Å². The van der Waals surface area contributed by atoms with Gasteiger partial charge in [-0.3, -0.25) is 19.4 Å². The summed E-state index contributed by atoms with van der Waals surface area (Å²) in [4.78, 5) is 28.5. The average molecular weight is 393 g/mol.